The van der Waals surface area contributed by atoms with Gasteiger partial charge in [0.1, 0.15) is 0 Å². The molecule has 3 unspecified atom stereocenters. The Morgan fingerprint density at radius 3 is 2.78 bits per heavy atom. The van der Waals surface area contributed by atoms with Crippen molar-refractivity contribution in [3.05, 3.63) is 0 Å². The molecule has 2 saturated heterocycles. The fourth-order valence-corrected chi connectivity index (χ4v) is 3.02. The van der Waals surface area contributed by atoms with Gasteiger partial charge < -0.3 is 11.1 Å². The van der Waals surface area contributed by atoms with Crippen LogP contribution in [0.3, 0.4) is 0 Å². The highest BCUT2D eigenvalue weighted by molar-refractivity contribution is 5.77. The van der Waals surface area contributed by atoms with Crippen LogP contribution in [0.4, 0.5) is 0 Å². The molecule has 3 atom stereocenters. The van der Waals surface area contributed by atoms with E-state index in [1.165, 1.54) is 19.4 Å². The molecule has 104 valence electrons. The Morgan fingerprint density at radius 1 is 1.39 bits per heavy atom. The number of nitrogens with one attached hydrogen (secondary N) is 1. The molecule has 2 rings (SSSR count). The zero-order chi connectivity index (χ0) is 13.3. The molecule has 0 aliphatic carbocycles. The first-order chi connectivity index (χ1) is 8.38. The number of nitrogens with zero attached hydrogens (tertiary/aromatic N) is 1. The van der Waals surface area contributed by atoms with Gasteiger partial charge in [0.05, 0.1) is 0 Å². The van der Waals surface area contributed by atoms with Crippen molar-refractivity contribution in [1.82, 2.24) is 10.2 Å². The van der Waals surface area contributed by atoms with Crippen LogP contribution in [0.15, 0.2) is 0 Å². The van der Waals surface area contributed by atoms with Crippen LogP contribution in [-0.4, -0.2) is 42.0 Å². The molecule has 0 radical (unpaired) electrons. The molecule has 0 spiro atoms. The average molecular weight is 253 g/mol. The zero-order valence-corrected chi connectivity index (χ0v) is 11.9. The minimum Gasteiger partial charge on any atom is -0.352 e. The zero-order valence-electron chi connectivity index (χ0n) is 11.9. The van der Waals surface area contributed by atoms with Crippen LogP contribution >= 0.6 is 0 Å². The lowest BCUT2D eigenvalue weighted by Gasteiger charge is -2.28. The van der Waals surface area contributed by atoms with Crippen molar-refractivity contribution in [3.63, 3.8) is 0 Å². The van der Waals surface area contributed by atoms with E-state index < -0.39 is 0 Å². The Hall–Kier alpha value is -0.610. The Balaban J connectivity index is 1.81. The molecule has 1 amide bonds. The Morgan fingerprint density at radius 2 is 2.11 bits per heavy atom. The Kier molecular flexibility index (Phi) is 3.97. The number of fused-ring (bicyclic) bond motifs is 1. The summed E-state index contributed by atoms with van der Waals surface area (Å²) in [5.74, 6) is 0.121. The summed E-state index contributed by atoms with van der Waals surface area (Å²) in [6, 6.07) is 0.866. The molecular formula is C14H27N3O. The van der Waals surface area contributed by atoms with Crippen molar-refractivity contribution < 1.29 is 4.79 Å². The summed E-state index contributed by atoms with van der Waals surface area (Å²) in [6.45, 7) is 8.59. The first-order valence-corrected chi connectivity index (χ1v) is 7.17. The van der Waals surface area contributed by atoms with E-state index in [1.807, 2.05) is 0 Å². The van der Waals surface area contributed by atoms with Crippen LogP contribution in [0, 0.1) is 5.41 Å². The van der Waals surface area contributed by atoms with Crippen molar-refractivity contribution in [3.8, 4) is 0 Å². The fourth-order valence-electron chi connectivity index (χ4n) is 3.02. The van der Waals surface area contributed by atoms with Crippen molar-refractivity contribution >= 4 is 5.91 Å². The van der Waals surface area contributed by atoms with E-state index in [4.69, 9.17) is 5.73 Å². The maximum Gasteiger partial charge on any atom is 0.221 e. The first-order valence-electron chi connectivity index (χ1n) is 7.17. The standard InChI is InChI=1S/C14H27N3O/c1-14(2,3)12(15)9-13(18)16-10-6-8-17-7-4-5-11(10)17/h10-12H,4-9,15H2,1-3H3,(H,16,18). The summed E-state index contributed by atoms with van der Waals surface area (Å²) in [4.78, 5) is 14.5. The maximum atomic E-state index is 12.0. The van der Waals surface area contributed by atoms with Crippen molar-refractivity contribution in [2.45, 2.75) is 64.6 Å². The van der Waals surface area contributed by atoms with Crippen molar-refractivity contribution in [2.75, 3.05) is 13.1 Å². The minimum absolute atomic E-state index is 0.00753. The number of hydrogen-bond acceptors (Lipinski definition) is 3. The largest absolute Gasteiger partial charge is 0.352 e. The van der Waals surface area contributed by atoms with Crippen LogP contribution in [0.1, 0.15) is 46.5 Å². The Labute approximate surface area is 110 Å². The van der Waals surface area contributed by atoms with Gasteiger partial charge in [-0.3, -0.25) is 9.69 Å². The fraction of sp³-hybridized carbons (Fsp3) is 0.929. The molecule has 4 heteroatoms. The number of rotatable bonds is 3. The average Bonchev–Trinajstić information content (AvgIpc) is 2.81. The van der Waals surface area contributed by atoms with Crippen molar-refractivity contribution in [1.29, 1.82) is 0 Å². The lowest BCUT2D eigenvalue weighted by Crippen LogP contribution is -2.46. The summed E-state index contributed by atoms with van der Waals surface area (Å²) in [7, 11) is 0. The summed E-state index contributed by atoms with van der Waals surface area (Å²) in [5.41, 5.74) is 6.05. The summed E-state index contributed by atoms with van der Waals surface area (Å²) in [6.07, 6.45) is 4.04. The van der Waals surface area contributed by atoms with Gasteiger partial charge in [-0.15, -0.1) is 0 Å². The first kappa shape index (κ1) is 13.8. The molecule has 2 aliphatic heterocycles. The highest BCUT2D eigenvalue weighted by atomic mass is 16.1. The lowest BCUT2D eigenvalue weighted by molar-refractivity contribution is -0.122. The number of hydrogen-bond donors (Lipinski definition) is 2. The van der Waals surface area contributed by atoms with E-state index >= 15 is 0 Å². The predicted octanol–water partition coefficient (Wildman–Crippen LogP) is 1.10. The van der Waals surface area contributed by atoms with Gasteiger partial charge in [0.2, 0.25) is 5.91 Å². The molecule has 0 aromatic heterocycles. The lowest BCUT2D eigenvalue weighted by atomic mass is 9.85. The minimum atomic E-state index is -0.0708. The molecule has 2 aliphatic rings. The molecule has 18 heavy (non-hydrogen) atoms. The molecule has 0 aromatic carbocycles. The summed E-state index contributed by atoms with van der Waals surface area (Å²) < 4.78 is 0. The van der Waals surface area contributed by atoms with Crippen LogP contribution in [0.5, 0.6) is 0 Å². The summed E-state index contributed by atoms with van der Waals surface area (Å²) in [5, 5.41) is 3.19. The van der Waals surface area contributed by atoms with E-state index in [-0.39, 0.29) is 17.4 Å². The molecule has 0 bridgehead atoms. The monoisotopic (exact) mass is 253 g/mol. The van der Waals surface area contributed by atoms with Gasteiger partial charge in [0.15, 0.2) is 0 Å². The molecular weight excluding hydrogens is 226 g/mol. The van der Waals surface area contributed by atoms with Gasteiger partial charge in [-0.1, -0.05) is 20.8 Å². The quantitative estimate of drug-likeness (QED) is 0.792. The van der Waals surface area contributed by atoms with Gasteiger partial charge in [0, 0.05) is 31.1 Å². The van der Waals surface area contributed by atoms with Crippen molar-refractivity contribution in [2.24, 2.45) is 11.1 Å². The second kappa shape index (κ2) is 5.17. The van der Waals surface area contributed by atoms with Crippen LogP contribution in [0.25, 0.3) is 0 Å². The van der Waals surface area contributed by atoms with E-state index in [0.29, 0.717) is 18.5 Å². The third kappa shape index (κ3) is 3.04. The summed E-state index contributed by atoms with van der Waals surface area (Å²) >= 11 is 0. The van der Waals surface area contributed by atoms with Gasteiger partial charge in [-0.2, -0.15) is 0 Å². The second-order valence-electron chi connectivity index (χ2n) is 6.88. The van der Waals surface area contributed by atoms with Gasteiger partial charge >= 0.3 is 0 Å². The maximum absolute atomic E-state index is 12.0. The van der Waals surface area contributed by atoms with E-state index in [1.54, 1.807) is 0 Å². The number of carbonyl (C=O) groups excluding carboxylic acids is 1. The number of nitrogens with two attached hydrogens (primary N) is 1. The van der Waals surface area contributed by atoms with E-state index in [0.717, 1.165) is 13.0 Å². The number of amides is 1. The van der Waals surface area contributed by atoms with E-state index in [2.05, 4.69) is 31.0 Å². The normalized spacial score (nSPS) is 30.2. The Bertz CT molecular complexity index is 311. The van der Waals surface area contributed by atoms with Crippen LogP contribution < -0.4 is 11.1 Å². The third-order valence-corrected chi connectivity index (χ3v) is 4.47. The van der Waals surface area contributed by atoms with Crippen LogP contribution in [-0.2, 0) is 4.79 Å². The number of carbonyl (C=O) groups is 1. The molecule has 2 heterocycles. The molecule has 0 saturated carbocycles. The van der Waals surface area contributed by atoms with Gasteiger partial charge in [0.25, 0.3) is 0 Å². The molecule has 3 N–H and O–H groups in total. The predicted molar refractivity (Wildman–Crippen MR) is 73.2 cm³/mol. The van der Waals surface area contributed by atoms with Gasteiger partial charge in [-0.25, -0.2) is 0 Å². The smallest absolute Gasteiger partial charge is 0.221 e. The molecule has 2 fully saturated rings. The highest BCUT2D eigenvalue weighted by Crippen LogP contribution is 2.28. The SMILES string of the molecule is CC(C)(C)C(N)CC(=O)NC1CCN2CCCC12. The highest BCUT2D eigenvalue weighted by Gasteiger charge is 2.38. The molecule has 4 nitrogen and oxygen atoms in total. The van der Waals surface area contributed by atoms with Gasteiger partial charge in [-0.05, 0) is 31.2 Å². The van der Waals surface area contributed by atoms with E-state index in [9.17, 15) is 4.79 Å². The second-order valence-corrected chi connectivity index (χ2v) is 6.88. The topological polar surface area (TPSA) is 58.4 Å². The third-order valence-electron chi connectivity index (χ3n) is 4.47. The molecule has 0 aromatic rings. The van der Waals surface area contributed by atoms with Crippen LogP contribution in [0.2, 0.25) is 0 Å².